The number of carbonyl (C=O) groups is 1. The zero-order valence-electron chi connectivity index (χ0n) is 20.7. The Kier molecular flexibility index (Phi) is 6.82. The van der Waals surface area contributed by atoms with Crippen LogP contribution in [-0.2, 0) is 21.2 Å². The average molecular weight is 483 g/mol. The molecule has 7 nitrogen and oxygen atoms in total. The first-order valence-electron chi connectivity index (χ1n) is 11.9. The number of carbonyl (C=O) groups excluding carboxylic acids is 1. The number of hydrogen-bond donors (Lipinski definition) is 0. The highest BCUT2D eigenvalue weighted by Crippen LogP contribution is 2.29. The Balaban J connectivity index is 1.54. The van der Waals surface area contributed by atoms with Crippen LogP contribution in [0.2, 0.25) is 0 Å². The van der Waals surface area contributed by atoms with E-state index in [1.807, 2.05) is 73.5 Å². The Bertz CT molecular complexity index is 1310. The first-order chi connectivity index (χ1) is 16.1. The van der Waals surface area contributed by atoms with Crippen molar-refractivity contribution >= 4 is 32.2 Å². The highest BCUT2D eigenvalue weighted by atomic mass is 32.2. The predicted molar refractivity (Wildman–Crippen MR) is 137 cm³/mol. The van der Waals surface area contributed by atoms with E-state index in [4.69, 9.17) is 0 Å². The van der Waals surface area contributed by atoms with Crippen LogP contribution in [0.25, 0.3) is 10.8 Å². The van der Waals surface area contributed by atoms with Crippen LogP contribution in [0.15, 0.2) is 42.5 Å². The molecule has 0 radical (unpaired) electrons. The fraction of sp³-hybridized carbons (Fsp3) is 0.462. The maximum atomic E-state index is 13.6. The molecule has 34 heavy (non-hydrogen) atoms. The number of likely N-dealkylation sites (N-methyl/N-ethyl adjacent to an activating group) is 2. The predicted octanol–water partition coefficient (Wildman–Crippen LogP) is 3.89. The van der Waals surface area contributed by atoms with Gasteiger partial charge in [0.05, 0.1) is 35.0 Å². The third kappa shape index (κ3) is 4.61. The minimum Gasteiger partial charge on any atom is -0.311 e. The molecule has 0 N–H and O–H groups in total. The molecule has 1 aliphatic rings. The highest BCUT2D eigenvalue weighted by Gasteiger charge is 2.32. The van der Waals surface area contributed by atoms with Gasteiger partial charge in [0.25, 0.3) is 0 Å². The molecule has 0 aliphatic carbocycles. The van der Waals surface area contributed by atoms with Gasteiger partial charge in [0, 0.05) is 29.7 Å². The zero-order valence-corrected chi connectivity index (χ0v) is 21.5. The van der Waals surface area contributed by atoms with E-state index in [2.05, 4.69) is 23.3 Å². The molecule has 3 aromatic rings. The number of fused-ring (bicyclic) bond motifs is 1. The maximum Gasteiger partial charge on any atom is 0.244 e. The van der Waals surface area contributed by atoms with Gasteiger partial charge in [-0.3, -0.25) is 14.4 Å². The molecule has 0 saturated carbocycles. The van der Waals surface area contributed by atoms with Crippen molar-refractivity contribution in [2.75, 3.05) is 30.0 Å². The van der Waals surface area contributed by atoms with Crippen LogP contribution < -0.4 is 4.90 Å². The number of sulfone groups is 1. The molecule has 2 unspecified atom stereocenters. The van der Waals surface area contributed by atoms with Gasteiger partial charge in [-0.2, -0.15) is 5.10 Å². The van der Waals surface area contributed by atoms with Gasteiger partial charge in [-0.05, 0) is 52.6 Å². The van der Waals surface area contributed by atoms with Gasteiger partial charge in [0.2, 0.25) is 5.91 Å². The summed E-state index contributed by atoms with van der Waals surface area (Å²) in [6, 6.07) is 13.7. The van der Waals surface area contributed by atoms with Crippen molar-refractivity contribution < 1.29 is 13.2 Å². The molecular formula is C26H34N4O3S. The van der Waals surface area contributed by atoms with Gasteiger partial charge in [-0.1, -0.05) is 36.4 Å². The molecule has 2 heterocycles. The van der Waals surface area contributed by atoms with Crippen molar-refractivity contribution in [2.24, 2.45) is 0 Å². The van der Waals surface area contributed by atoms with Crippen LogP contribution >= 0.6 is 0 Å². The molecule has 2 atom stereocenters. The average Bonchev–Trinajstić information content (AvgIpc) is 3.32. The molecule has 4 rings (SSSR count). The van der Waals surface area contributed by atoms with Crippen molar-refractivity contribution in [3.63, 3.8) is 0 Å². The second-order valence-electron chi connectivity index (χ2n) is 9.32. The molecule has 2 aromatic carbocycles. The van der Waals surface area contributed by atoms with Crippen molar-refractivity contribution in [2.45, 2.75) is 52.7 Å². The summed E-state index contributed by atoms with van der Waals surface area (Å²) >= 11 is 0. The molecule has 1 aliphatic heterocycles. The van der Waals surface area contributed by atoms with Gasteiger partial charge >= 0.3 is 0 Å². The molecule has 1 fully saturated rings. The lowest BCUT2D eigenvalue weighted by Crippen LogP contribution is -2.45. The van der Waals surface area contributed by atoms with E-state index in [1.54, 1.807) is 0 Å². The van der Waals surface area contributed by atoms with E-state index in [0.29, 0.717) is 19.5 Å². The monoisotopic (exact) mass is 482 g/mol. The van der Waals surface area contributed by atoms with Crippen molar-refractivity contribution in [3.05, 3.63) is 59.4 Å². The number of nitrogens with zero attached hydrogens (tertiary/aromatic N) is 4. The van der Waals surface area contributed by atoms with Crippen LogP contribution in [0.4, 0.5) is 5.69 Å². The summed E-state index contributed by atoms with van der Waals surface area (Å²) in [4.78, 5) is 17.5. The lowest BCUT2D eigenvalue weighted by Gasteiger charge is -2.30. The first kappa shape index (κ1) is 24.4. The van der Waals surface area contributed by atoms with Gasteiger partial charge < -0.3 is 4.90 Å². The Morgan fingerprint density at radius 3 is 2.56 bits per heavy atom. The maximum absolute atomic E-state index is 13.6. The fourth-order valence-electron chi connectivity index (χ4n) is 4.94. The van der Waals surface area contributed by atoms with E-state index in [1.165, 1.54) is 0 Å². The Hall–Kier alpha value is -2.71. The summed E-state index contributed by atoms with van der Waals surface area (Å²) in [5.41, 5.74) is 3.84. The van der Waals surface area contributed by atoms with E-state index in [9.17, 15) is 13.2 Å². The summed E-state index contributed by atoms with van der Waals surface area (Å²) in [5, 5.41) is 6.85. The third-order valence-electron chi connectivity index (χ3n) is 7.09. The quantitative estimate of drug-likeness (QED) is 0.511. The van der Waals surface area contributed by atoms with Gasteiger partial charge in [-0.25, -0.2) is 8.42 Å². The Morgan fingerprint density at radius 1 is 1.18 bits per heavy atom. The van der Waals surface area contributed by atoms with E-state index in [-0.39, 0.29) is 29.5 Å². The lowest BCUT2D eigenvalue weighted by atomic mass is 10.1. The fourth-order valence-corrected chi connectivity index (χ4v) is 6.63. The number of aromatic nitrogens is 2. The normalized spacial score (nSPS) is 18.5. The first-order valence-corrected chi connectivity index (χ1v) is 13.7. The van der Waals surface area contributed by atoms with Crippen LogP contribution in [0.5, 0.6) is 0 Å². The van der Waals surface area contributed by atoms with E-state index in [0.717, 1.165) is 33.4 Å². The largest absolute Gasteiger partial charge is 0.311 e. The van der Waals surface area contributed by atoms with Gasteiger partial charge in [0.15, 0.2) is 9.84 Å². The SMILES string of the molecule is CCN(C(=O)C(C)N(C)Cc1c(C)nn(C2CCS(=O)(=O)C2)c1C)c1cccc2ccccc12. The van der Waals surface area contributed by atoms with Crippen LogP contribution in [-0.4, -0.2) is 60.1 Å². The smallest absolute Gasteiger partial charge is 0.244 e. The molecular weight excluding hydrogens is 448 g/mol. The zero-order chi connectivity index (χ0) is 24.6. The number of benzene rings is 2. The van der Waals surface area contributed by atoms with Crippen LogP contribution in [0, 0.1) is 13.8 Å². The number of amides is 1. The number of hydrogen-bond acceptors (Lipinski definition) is 5. The summed E-state index contributed by atoms with van der Waals surface area (Å²) in [5.74, 6) is 0.416. The summed E-state index contributed by atoms with van der Waals surface area (Å²) in [6.45, 7) is 9.04. The molecule has 0 spiro atoms. The van der Waals surface area contributed by atoms with Gasteiger partial charge in [-0.15, -0.1) is 0 Å². The minimum absolute atomic E-state index is 0.0472. The van der Waals surface area contributed by atoms with Crippen LogP contribution in [0.1, 0.15) is 43.3 Å². The summed E-state index contributed by atoms with van der Waals surface area (Å²) in [7, 11) is -1.03. The van der Waals surface area contributed by atoms with Crippen molar-refractivity contribution in [3.8, 4) is 0 Å². The minimum atomic E-state index is -2.99. The number of rotatable bonds is 7. The van der Waals surface area contributed by atoms with Crippen molar-refractivity contribution in [1.82, 2.24) is 14.7 Å². The second-order valence-corrected chi connectivity index (χ2v) is 11.6. The lowest BCUT2D eigenvalue weighted by molar-refractivity contribution is -0.122. The molecule has 8 heteroatoms. The van der Waals surface area contributed by atoms with E-state index >= 15 is 0 Å². The molecule has 1 amide bonds. The van der Waals surface area contributed by atoms with Crippen LogP contribution in [0.3, 0.4) is 0 Å². The molecule has 182 valence electrons. The summed E-state index contributed by atoms with van der Waals surface area (Å²) in [6.07, 6.45) is 0.602. The Labute approximate surface area is 202 Å². The molecule has 1 saturated heterocycles. The third-order valence-corrected chi connectivity index (χ3v) is 8.85. The molecule has 1 aromatic heterocycles. The topological polar surface area (TPSA) is 75.5 Å². The molecule has 0 bridgehead atoms. The Morgan fingerprint density at radius 2 is 1.88 bits per heavy atom. The number of anilines is 1. The second kappa shape index (κ2) is 9.50. The van der Waals surface area contributed by atoms with Crippen molar-refractivity contribution in [1.29, 1.82) is 0 Å². The standard InChI is InChI=1S/C26H34N4O3S/c1-6-29(25-13-9-11-21-10-7-8-12-23(21)25)26(31)20(4)28(5)16-24-18(2)27-30(19(24)3)22-14-15-34(32,33)17-22/h7-13,20,22H,6,14-17H2,1-5H3. The number of aryl methyl sites for hydroxylation is 1. The summed E-state index contributed by atoms with van der Waals surface area (Å²) < 4.78 is 25.8. The van der Waals surface area contributed by atoms with E-state index < -0.39 is 9.84 Å². The van der Waals surface area contributed by atoms with Gasteiger partial charge in [0.1, 0.15) is 0 Å². The highest BCUT2D eigenvalue weighted by molar-refractivity contribution is 7.91.